The molecule has 1 N–H and O–H groups in total. The second kappa shape index (κ2) is 6.42. The summed E-state index contributed by atoms with van der Waals surface area (Å²) < 4.78 is 1.76. The van der Waals surface area contributed by atoms with Crippen LogP contribution in [-0.2, 0) is 6.54 Å². The summed E-state index contributed by atoms with van der Waals surface area (Å²) in [6.07, 6.45) is 9.84. The van der Waals surface area contributed by atoms with Crippen LogP contribution in [0, 0.1) is 11.3 Å². The molecule has 0 saturated heterocycles. The molecule has 0 aromatic carbocycles. The minimum absolute atomic E-state index is 0.00505. The molecule has 0 spiro atoms. The topological polar surface area (TPSA) is 46.9 Å². The fourth-order valence-electron chi connectivity index (χ4n) is 3.16. The van der Waals surface area contributed by atoms with E-state index >= 15 is 0 Å². The first-order chi connectivity index (χ1) is 9.56. The number of nitrogens with one attached hydrogen (secondary N) is 1. The maximum Gasteiger partial charge on any atom is 0.293 e. The molecular weight excluding hydrogens is 250 g/mol. The SMILES string of the molecule is CCC1(CNc2nccn(CC(C)C)c2=O)CCCC1. The Morgan fingerprint density at radius 2 is 2.10 bits per heavy atom. The van der Waals surface area contributed by atoms with Crippen molar-refractivity contribution in [1.29, 1.82) is 0 Å². The van der Waals surface area contributed by atoms with E-state index in [1.807, 2.05) is 0 Å². The number of anilines is 1. The van der Waals surface area contributed by atoms with E-state index in [2.05, 4.69) is 31.1 Å². The van der Waals surface area contributed by atoms with E-state index in [-0.39, 0.29) is 5.56 Å². The van der Waals surface area contributed by atoms with Gasteiger partial charge in [0.1, 0.15) is 0 Å². The third-order valence-corrected chi connectivity index (χ3v) is 4.52. The first-order valence-electron chi connectivity index (χ1n) is 7.86. The molecule has 0 unspecified atom stereocenters. The molecule has 0 amide bonds. The lowest BCUT2D eigenvalue weighted by Crippen LogP contribution is -2.31. The highest BCUT2D eigenvalue weighted by atomic mass is 16.1. The summed E-state index contributed by atoms with van der Waals surface area (Å²) in [7, 11) is 0. The number of hydrogen-bond donors (Lipinski definition) is 1. The first kappa shape index (κ1) is 15.1. The lowest BCUT2D eigenvalue weighted by Gasteiger charge is -2.27. The summed E-state index contributed by atoms with van der Waals surface area (Å²) in [6, 6.07) is 0. The van der Waals surface area contributed by atoms with Crippen molar-refractivity contribution in [3.63, 3.8) is 0 Å². The van der Waals surface area contributed by atoms with Gasteiger partial charge < -0.3 is 9.88 Å². The van der Waals surface area contributed by atoms with Crippen molar-refractivity contribution in [3.8, 4) is 0 Å². The maximum absolute atomic E-state index is 12.3. The predicted octanol–water partition coefficient (Wildman–Crippen LogP) is 3.28. The van der Waals surface area contributed by atoms with E-state index in [4.69, 9.17) is 0 Å². The minimum atomic E-state index is 0.00505. The summed E-state index contributed by atoms with van der Waals surface area (Å²) in [5, 5.41) is 3.32. The summed E-state index contributed by atoms with van der Waals surface area (Å²) in [4.78, 5) is 16.6. The summed E-state index contributed by atoms with van der Waals surface area (Å²) in [5.74, 6) is 0.965. The Balaban J connectivity index is 2.08. The lowest BCUT2D eigenvalue weighted by atomic mass is 9.83. The van der Waals surface area contributed by atoms with E-state index in [0.29, 0.717) is 17.2 Å². The van der Waals surface area contributed by atoms with E-state index in [1.165, 1.54) is 32.1 Å². The molecule has 2 rings (SSSR count). The zero-order valence-electron chi connectivity index (χ0n) is 13.0. The van der Waals surface area contributed by atoms with Gasteiger partial charge in [-0.3, -0.25) is 4.79 Å². The first-order valence-corrected chi connectivity index (χ1v) is 7.86. The smallest absolute Gasteiger partial charge is 0.293 e. The number of rotatable bonds is 6. The van der Waals surface area contributed by atoms with Crippen LogP contribution in [-0.4, -0.2) is 16.1 Å². The van der Waals surface area contributed by atoms with Crippen molar-refractivity contribution in [2.24, 2.45) is 11.3 Å². The molecule has 0 radical (unpaired) electrons. The van der Waals surface area contributed by atoms with Gasteiger partial charge in [-0.2, -0.15) is 0 Å². The Labute approximate surface area is 121 Å². The largest absolute Gasteiger partial charge is 0.365 e. The Morgan fingerprint density at radius 1 is 1.40 bits per heavy atom. The molecule has 1 saturated carbocycles. The summed E-state index contributed by atoms with van der Waals surface area (Å²) in [6.45, 7) is 8.10. The van der Waals surface area contributed by atoms with E-state index in [9.17, 15) is 4.79 Å². The van der Waals surface area contributed by atoms with Gasteiger partial charge >= 0.3 is 0 Å². The van der Waals surface area contributed by atoms with E-state index in [1.54, 1.807) is 17.0 Å². The molecule has 4 heteroatoms. The van der Waals surface area contributed by atoms with E-state index < -0.39 is 0 Å². The molecular formula is C16H27N3O. The molecule has 1 aliphatic carbocycles. The molecule has 4 nitrogen and oxygen atoms in total. The van der Waals surface area contributed by atoms with Gasteiger partial charge in [0, 0.05) is 25.5 Å². The number of aromatic nitrogens is 2. The lowest BCUT2D eigenvalue weighted by molar-refractivity contribution is 0.306. The van der Waals surface area contributed by atoms with Crippen LogP contribution < -0.4 is 10.9 Å². The van der Waals surface area contributed by atoms with Crippen LogP contribution in [0.15, 0.2) is 17.2 Å². The molecule has 0 aliphatic heterocycles. The zero-order chi connectivity index (χ0) is 14.6. The molecule has 1 aromatic heterocycles. The van der Waals surface area contributed by atoms with Gasteiger partial charge in [0.05, 0.1) is 0 Å². The van der Waals surface area contributed by atoms with Gasteiger partial charge in [-0.25, -0.2) is 4.98 Å². The summed E-state index contributed by atoms with van der Waals surface area (Å²) in [5.41, 5.74) is 0.373. The van der Waals surface area contributed by atoms with Crippen molar-refractivity contribution < 1.29 is 0 Å². The molecule has 112 valence electrons. The quantitative estimate of drug-likeness (QED) is 0.868. The normalized spacial score (nSPS) is 17.6. The van der Waals surface area contributed by atoms with Gasteiger partial charge in [0.2, 0.25) is 0 Å². The van der Waals surface area contributed by atoms with Crippen molar-refractivity contribution in [3.05, 3.63) is 22.7 Å². The maximum atomic E-state index is 12.3. The fourth-order valence-corrected chi connectivity index (χ4v) is 3.16. The zero-order valence-corrected chi connectivity index (χ0v) is 13.0. The molecule has 1 heterocycles. The average Bonchev–Trinajstić information content (AvgIpc) is 2.89. The highest BCUT2D eigenvalue weighted by molar-refractivity contribution is 5.31. The van der Waals surface area contributed by atoms with Crippen molar-refractivity contribution >= 4 is 5.82 Å². The van der Waals surface area contributed by atoms with Crippen LogP contribution in [0.1, 0.15) is 52.9 Å². The van der Waals surface area contributed by atoms with Crippen molar-refractivity contribution in [2.75, 3.05) is 11.9 Å². The second-order valence-electron chi connectivity index (χ2n) is 6.54. The summed E-state index contributed by atoms with van der Waals surface area (Å²) >= 11 is 0. The number of hydrogen-bond acceptors (Lipinski definition) is 3. The molecule has 1 fully saturated rings. The van der Waals surface area contributed by atoms with Gasteiger partial charge in [0.25, 0.3) is 5.56 Å². The molecule has 20 heavy (non-hydrogen) atoms. The van der Waals surface area contributed by atoms with Crippen molar-refractivity contribution in [1.82, 2.24) is 9.55 Å². The van der Waals surface area contributed by atoms with Crippen LogP contribution in [0.4, 0.5) is 5.82 Å². The Bertz CT molecular complexity index is 487. The molecule has 1 aromatic rings. The second-order valence-corrected chi connectivity index (χ2v) is 6.54. The van der Waals surface area contributed by atoms with Crippen LogP contribution in [0.2, 0.25) is 0 Å². The van der Waals surface area contributed by atoms with Crippen molar-refractivity contribution in [2.45, 2.75) is 59.4 Å². The highest BCUT2D eigenvalue weighted by Gasteiger charge is 2.31. The predicted molar refractivity (Wildman–Crippen MR) is 83.0 cm³/mol. The minimum Gasteiger partial charge on any atom is -0.365 e. The van der Waals surface area contributed by atoms with Crippen LogP contribution >= 0.6 is 0 Å². The molecule has 0 bridgehead atoms. The molecule has 1 aliphatic rings. The van der Waals surface area contributed by atoms with Gasteiger partial charge in [-0.15, -0.1) is 0 Å². The van der Waals surface area contributed by atoms with Gasteiger partial charge in [0.15, 0.2) is 5.82 Å². The van der Waals surface area contributed by atoms with Gasteiger partial charge in [-0.05, 0) is 30.6 Å². The Morgan fingerprint density at radius 3 is 2.70 bits per heavy atom. The highest BCUT2D eigenvalue weighted by Crippen LogP contribution is 2.40. The standard InChI is InChI=1S/C16H27N3O/c1-4-16(7-5-6-8-16)12-18-14-15(20)19(10-9-17-14)11-13(2)3/h9-10,13H,4-8,11-12H2,1-3H3,(H,17,18). The van der Waals surface area contributed by atoms with Crippen LogP contribution in [0.25, 0.3) is 0 Å². The third-order valence-electron chi connectivity index (χ3n) is 4.52. The monoisotopic (exact) mass is 277 g/mol. The molecule has 0 atom stereocenters. The van der Waals surface area contributed by atoms with E-state index in [0.717, 1.165) is 13.1 Å². The average molecular weight is 277 g/mol. The van der Waals surface area contributed by atoms with Crippen LogP contribution in [0.3, 0.4) is 0 Å². The van der Waals surface area contributed by atoms with Gasteiger partial charge in [-0.1, -0.05) is 33.6 Å². The third kappa shape index (κ3) is 3.41. The Hall–Kier alpha value is -1.32. The fraction of sp³-hybridized carbons (Fsp3) is 0.750. The Kier molecular flexibility index (Phi) is 4.84. The number of nitrogens with zero attached hydrogens (tertiary/aromatic N) is 2. The van der Waals surface area contributed by atoms with Crippen LogP contribution in [0.5, 0.6) is 0 Å².